The minimum Gasteiger partial charge on any atom is -0.381 e. The first-order chi connectivity index (χ1) is 13.8. The quantitative estimate of drug-likeness (QED) is 0.706. The van der Waals surface area contributed by atoms with Crippen LogP contribution >= 0.6 is 11.3 Å². The van der Waals surface area contributed by atoms with Gasteiger partial charge in [-0.2, -0.15) is 0 Å². The molecule has 2 aliphatic rings. The molecule has 0 bridgehead atoms. The molecule has 0 radical (unpaired) electrons. The number of fused-ring (bicyclic) bond motifs is 2. The molecule has 6 nitrogen and oxygen atoms in total. The summed E-state index contributed by atoms with van der Waals surface area (Å²) in [7, 11) is 0. The second-order valence-corrected chi connectivity index (χ2v) is 8.68. The normalized spacial score (nSPS) is 19.6. The summed E-state index contributed by atoms with van der Waals surface area (Å²) in [5.41, 5.74) is 2.79. The Kier molecular flexibility index (Phi) is 4.78. The first kappa shape index (κ1) is 17.7. The molecule has 1 fully saturated rings. The molecule has 1 atom stereocenters. The van der Waals surface area contributed by atoms with Crippen LogP contribution in [-0.4, -0.2) is 47.1 Å². The molecule has 0 aliphatic carbocycles. The third-order valence-corrected chi connectivity index (χ3v) is 6.62. The van der Waals surface area contributed by atoms with E-state index < -0.39 is 0 Å². The minimum absolute atomic E-state index is 0.0594. The summed E-state index contributed by atoms with van der Waals surface area (Å²) in [6, 6.07) is 9.93. The number of para-hydroxylation sites is 1. The molecule has 4 heterocycles. The molecular formula is C21H24N4O2S. The van der Waals surface area contributed by atoms with Gasteiger partial charge in [-0.05, 0) is 30.9 Å². The third kappa shape index (κ3) is 3.52. The summed E-state index contributed by atoms with van der Waals surface area (Å²) in [6.45, 7) is 3.98. The Labute approximate surface area is 167 Å². The smallest absolute Gasteiger partial charge is 0.270 e. The summed E-state index contributed by atoms with van der Waals surface area (Å²) in [5, 5.41) is 5.52. The van der Waals surface area contributed by atoms with Gasteiger partial charge in [-0.1, -0.05) is 29.5 Å². The molecule has 1 unspecified atom stereocenters. The van der Waals surface area contributed by atoms with Crippen LogP contribution in [0, 0.1) is 5.92 Å². The number of hydrogen-bond donors (Lipinski definition) is 2. The maximum absolute atomic E-state index is 13.0. The van der Waals surface area contributed by atoms with Gasteiger partial charge in [-0.25, -0.2) is 4.98 Å². The number of thiazole rings is 1. The topological polar surface area (TPSA) is 70.2 Å². The number of carbonyl (C=O) groups is 1. The van der Waals surface area contributed by atoms with Crippen LogP contribution in [0.4, 0.5) is 5.13 Å². The lowest BCUT2D eigenvalue weighted by molar-refractivity contribution is 0.0595. The van der Waals surface area contributed by atoms with E-state index in [1.165, 1.54) is 11.3 Å². The van der Waals surface area contributed by atoms with Crippen LogP contribution in [0.3, 0.4) is 0 Å². The molecule has 2 aliphatic heterocycles. The SMILES string of the molecule is O=C(c1cc2ccccc2[nH]1)N1CCc2nc(NCC3CCCOC3)sc2C1. The van der Waals surface area contributed by atoms with Crippen molar-refractivity contribution in [2.24, 2.45) is 5.92 Å². The fourth-order valence-electron chi connectivity index (χ4n) is 4.00. The molecule has 7 heteroatoms. The number of benzene rings is 1. The highest BCUT2D eigenvalue weighted by Crippen LogP contribution is 2.30. The zero-order chi connectivity index (χ0) is 18.9. The van der Waals surface area contributed by atoms with Crippen molar-refractivity contribution in [3.8, 4) is 0 Å². The number of H-pyrrole nitrogens is 1. The highest BCUT2D eigenvalue weighted by atomic mass is 32.1. The molecule has 1 amide bonds. The van der Waals surface area contributed by atoms with E-state index in [-0.39, 0.29) is 5.91 Å². The molecule has 146 valence electrons. The molecule has 1 aromatic carbocycles. The minimum atomic E-state index is 0.0594. The summed E-state index contributed by atoms with van der Waals surface area (Å²) in [6.07, 6.45) is 3.17. The highest BCUT2D eigenvalue weighted by Gasteiger charge is 2.26. The van der Waals surface area contributed by atoms with E-state index in [0.29, 0.717) is 24.7 Å². The van der Waals surface area contributed by atoms with Crippen LogP contribution in [-0.2, 0) is 17.7 Å². The first-order valence-corrected chi connectivity index (χ1v) is 10.7. The van der Waals surface area contributed by atoms with Crippen LogP contribution in [0.1, 0.15) is 33.9 Å². The van der Waals surface area contributed by atoms with Crippen molar-refractivity contribution in [2.45, 2.75) is 25.8 Å². The number of carbonyl (C=O) groups excluding carboxylic acids is 1. The van der Waals surface area contributed by atoms with Crippen molar-refractivity contribution in [3.05, 3.63) is 46.6 Å². The first-order valence-electron chi connectivity index (χ1n) is 9.93. The van der Waals surface area contributed by atoms with E-state index in [2.05, 4.69) is 10.3 Å². The number of nitrogens with one attached hydrogen (secondary N) is 2. The third-order valence-electron chi connectivity index (χ3n) is 5.58. The fourth-order valence-corrected chi connectivity index (χ4v) is 5.03. The molecule has 1 saturated heterocycles. The number of anilines is 1. The van der Waals surface area contributed by atoms with Crippen molar-refractivity contribution in [1.82, 2.24) is 14.9 Å². The maximum Gasteiger partial charge on any atom is 0.270 e. The van der Waals surface area contributed by atoms with Gasteiger partial charge in [0.25, 0.3) is 5.91 Å². The Hall–Kier alpha value is -2.38. The van der Waals surface area contributed by atoms with Gasteiger partial charge in [-0.15, -0.1) is 0 Å². The lowest BCUT2D eigenvalue weighted by Crippen LogP contribution is -2.35. The second kappa shape index (κ2) is 7.56. The number of aromatic nitrogens is 2. The van der Waals surface area contributed by atoms with Gasteiger partial charge in [-0.3, -0.25) is 4.79 Å². The Bertz CT molecular complexity index is 956. The molecule has 2 aromatic heterocycles. The van der Waals surface area contributed by atoms with E-state index in [0.717, 1.165) is 54.3 Å². The van der Waals surface area contributed by atoms with E-state index in [1.54, 1.807) is 11.3 Å². The highest BCUT2D eigenvalue weighted by molar-refractivity contribution is 7.15. The number of amides is 1. The summed E-state index contributed by atoms with van der Waals surface area (Å²) in [5.74, 6) is 0.624. The lowest BCUT2D eigenvalue weighted by Gasteiger charge is -2.25. The molecule has 3 aromatic rings. The van der Waals surface area contributed by atoms with Gasteiger partial charge in [0.05, 0.1) is 18.8 Å². The van der Waals surface area contributed by atoms with Gasteiger partial charge in [0, 0.05) is 41.9 Å². The zero-order valence-electron chi connectivity index (χ0n) is 15.7. The van der Waals surface area contributed by atoms with Crippen LogP contribution in [0.15, 0.2) is 30.3 Å². The van der Waals surface area contributed by atoms with Crippen LogP contribution in [0.5, 0.6) is 0 Å². The van der Waals surface area contributed by atoms with Crippen LogP contribution in [0.25, 0.3) is 10.9 Å². The Morgan fingerprint density at radius 2 is 2.32 bits per heavy atom. The van der Waals surface area contributed by atoms with Gasteiger partial charge in [0.2, 0.25) is 0 Å². The molecule has 0 saturated carbocycles. The Morgan fingerprint density at radius 1 is 1.39 bits per heavy atom. The second-order valence-electron chi connectivity index (χ2n) is 7.60. The van der Waals surface area contributed by atoms with Gasteiger partial charge in [0.15, 0.2) is 5.13 Å². The summed E-state index contributed by atoms with van der Waals surface area (Å²) >= 11 is 1.68. The molecule has 2 N–H and O–H groups in total. The monoisotopic (exact) mass is 396 g/mol. The molecule has 5 rings (SSSR count). The molecular weight excluding hydrogens is 372 g/mol. The largest absolute Gasteiger partial charge is 0.381 e. The average molecular weight is 397 g/mol. The fraction of sp³-hybridized carbons (Fsp3) is 0.429. The van der Waals surface area contributed by atoms with E-state index in [4.69, 9.17) is 9.72 Å². The van der Waals surface area contributed by atoms with Gasteiger partial charge in [0.1, 0.15) is 5.69 Å². The van der Waals surface area contributed by atoms with Crippen molar-refractivity contribution in [2.75, 3.05) is 31.6 Å². The Balaban J connectivity index is 1.25. The van der Waals surface area contributed by atoms with Crippen molar-refractivity contribution >= 4 is 33.3 Å². The molecule has 28 heavy (non-hydrogen) atoms. The number of aromatic amines is 1. The van der Waals surface area contributed by atoms with Crippen molar-refractivity contribution in [3.63, 3.8) is 0 Å². The summed E-state index contributed by atoms with van der Waals surface area (Å²) < 4.78 is 5.55. The predicted octanol–water partition coefficient (Wildman–Crippen LogP) is 3.66. The average Bonchev–Trinajstić information content (AvgIpc) is 3.35. The number of rotatable bonds is 4. The van der Waals surface area contributed by atoms with Gasteiger partial charge < -0.3 is 19.9 Å². The summed E-state index contributed by atoms with van der Waals surface area (Å²) in [4.78, 5) is 24.1. The maximum atomic E-state index is 13.0. The predicted molar refractivity (Wildman–Crippen MR) is 111 cm³/mol. The molecule has 0 spiro atoms. The Morgan fingerprint density at radius 3 is 3.18 bits per heavy atom. The van der Waals surface area contributed by atoms with Crippen LogP contribution in [0.2, 0.25) is 0 Å². The number of hydrogen-bond acceptors (Lipinski definition) is 5. The zero-order valence-corrected chi connectivity index (χ0v) is 16.6. The van der Waals surface area contributed by atoms with Crippen LogP contribution < -0.4 is 5.32 Å². The van der Waals surface area contributed by atoms with E-state index >= 15 is 0 Å². The van der Waals surface area contributed by atoms with Gasteiger partial charge >= 0.3 is 0 Å². The van der Waals surface area contributed by atoms with E-state index in [9.17, 15) is 4.79 Å². The van der Waals surface area contributed by atoms with E-state index in [1.807, 2.05) is 35.2 Å². The van der Waals surface area contributed by atoms with Crippen molar-refractivity contribution in [1.29, 1.82) is 0 Å². The standard InChI is InChI=1S/C21H24N4O2S/c26-20(18-10-15-5-1-2-6-16(15)23-18)25-8-7-17-19(12-25)28-21(24-17)22-11-14-4-3-9-27-13-14/h1-2,5-6,10,14,23H,3-4,7-9,11-13H2,(H,22,24). The van der Waals surface area contributed by atoms with Crippen molar-refractivity contribution < 1.29 is 9.53 Å². The number of ether oxygens (including phenoxy) is 1. The number of nitrogens with zero attached hydrogens (tertiary/aromatic N) is 2. The lowest BCUT2D eigenvalue weighted by atomic mass is 10.0.